The van der Waals surface area contributed by atoms with Crippen LogP contribution in [0.3, 0.4) is 0 Å². The standard InChI is InChI=1S/C7H6N4/c1-5-7-6(10-4-9-5)2-8-3-11-7/h2-4H,1H3. The van der Waals surface area contributed by atoms with Crippen molar-refractivity contribution in [3.05, 3.63) is 24.5 Å². The molecule has 0 fully saturated rings. The third kappa shape index (κ3) is 0.920. The van der Waals surface area contributed by atoms with Gasteiger partial charge in [-0.05, 0) is 6.92 Å². The minimum atomic E-state index is 0.792. The van der Waals surface area contributed by atoms with Gasteiger partial charge >= 0.3 is 0 Å². The van der Waals surface area contributed by atoms with Gasteiger partial charge in [0.1, 0.15) is 23.7 Å². The van der Waals surface area contributed by atoms with E-state index in [0.29, 0.717) is 0 Å². The number of aromatic nitrogens is 4. The minimum absolute atomic E-state index is 0.792. The first kappa shape index (κ1) is 6.15. The monoisotopic (exact) mass is 146 g/mol. The van der Waals surface area contributed by atoms with Crippen LogP contribution in [0.1, 0.15) is 5.69 Å². The maximum Gasteiger partial charge on any atom is 0.116 e. The van der Waals surface area contributed by atoms with Gasteiger partial charge < -0.3 is 0 Å². The first-order chi connectivity index (χ1) is 5.38. The van der Waals surface area contributed by atoms with E-state index in [-0.39, 0.29) is 0 Å². The van der Waals surface area contributed by atoms with Gasteiger partial charge in [-0.3, -0.25) is 0 Å². The molecule has 0 saturated carbocycles. The molecule has 0 N–H and O–H groups in total. The molecule has 0 aromatic carbocycles. The molecule has 2 aromatic rings. The Bertz CT molecular complexity index is 380. The summed E-state index contributed by atoms with van der Waals surface area (Å²) in [6.45, 7) is 1.90. The number of aryl methyl sites for hydroxylation is 1. The molecule has 54 valence electrons. The van der Waals surface area contributed by atoms with Gasteiger partial charge in [0, 0.05) is 0 Å². The quantitative estimate of drug-likeness (QED) is 0.549. The third-order valence-corrected chi connectivity index (χ3v) is 1.48. The van der Waals surface area contributed by atoms with E-state index in [9.17, 15) is 0 Å². The van der Waals surface area contributed by atoms with Crippen molar-refractivity contribution in [2.75, 3.05) is 0 Å². The predicted octanol–water partition coefficient (Wildman–Crippen LogP) is 0.728. The first-order valence-corrected chi connectivity index (χ1v) is 3.25. The van der Waals surface area contributed by atoms with Crippen molar-refractivity contribution in [1.29, 1.82) is 0 Å². The SMILES string of the molecule is Cc1ncnc2cncnc12. The van der Waals surface area contributed by atoms with Crippen LogP contribution in [-0.2, 0) is 0 Å². The number of fused-ring (bicyclic) bond motifs is 1. The number of hydrogen-bond donors (Lipinski definition) is 0. The fourth-order valence-corrected chi connectivity index (χ4v) is 0.934. The van der Waals surface area contributed by atoms with Gasteiger partial charge in [0.25, 0.3) is 0 Å². The number of nitrogens with zero attached hydrogens (tertiary/aromatic N) is 4. The Balaban J connectivity index is 2.91. The van der Waals surface area contributed by atoms with Crippen molar-refractivity contribution >= 4 is 11.0 Å². The zero-order chi connectivity index (χ0) is 7.68. The Morgan fingerprint density at radius 3 is 2.82 bits per heavy atom. The highest BCUT2D eigenvalue weighted by Crippen LogP contribution is 2.06. The molecule has 0 saturated heterocycles. The Morgan fingerprint density at radius 2 is 2.00 bits per heavy atom. The van der Waals surface area contributed by atoms with Crippen LogP contribution in [0, 0.1) is 6.92 Å². The van der Waals surface area contributed by atoms with Crippen molar-refractivity contribution in [3.8, 4) is 0 Å². The molecule has 0 unspecified atom stereocenters. The van der Waals surface area contributed by atoms with Crippen molar-refractivity contribution in [1.82, 2.24) is 19.9 Å². The van der Waals surface area contributed by atoms with E-state index in [1.165, 1.54) is 12.7 Å². The summed E-state index contributed by atoms with van der Waals surface area (Å²) in [4.78, 5) is 15.9. The van der Waals surface area contributed by atoms with Gasteiger partial charge in [0.05, 0.1) is 11.9 Å². The molecule has 2 aromatic heterocycles. The van der Waals surface area contributed by atoms with Crippen LogP contribution in [0.15, 0.2) is 18.9 Å². The smallest absolute Gasteiger partial charge is 0.116 e. The summed E-state index contributed by atoms with van der Waals surface area (Å²) >= 11 is 0. The molecule has 0 spiro atoms. The molecule has 0 bridgehead atoms. The molecule has 0 atom stereocenters. The Labute approximate surface area is 63.4 Å². The molecular formula is C7H6N4. The normalized spacial score (nSPS) is 10.3. The average Bonchev–Trinajstić information content (AvgIpc) is 2.06. The molecule has 0 amide bonds. The van der Waals surface area contributed by atoms with Crippen LogP contribution in [0.4, 0.5) is 0 Å². The average molecular weight is 146 g/mol. The lowest BCUT2D eigenvalue weighted by Crippen LogP contribution is -1.90. The van der Waals surface area contributed by atoms with E-state index in [1.54, 1.807) is 6.20 Å². The molecule has 0 aliphatic rings. The maximum absolute atomic E-state index is 4.04. The molecule has 2 heterocycles. The van der Waals surface area contributed by atoms with Crippen molar-refractivity contribution in [2.45, 2.75) is 6.92 Å². The second-order valence-electron chi connectivity index (χ2n) is 2.22. The van der Waals surface area contributed by atoms with Crippen LogP contribution < -0.4 is 0 Å². The van der Waals surface area contributed by atoms with E-state index in [1.807, 2.05) is 6.92 Å². The number of rotatable bonds is 0. The topological polar surface area (TPSA) is 51.6 Å². The highest BCUT2D eigenvalue weighted by atomic mass is 14.9. The molecule has 0 radical (unpaired) electrons. The van der Waals surface area contributed by atoms with E-state index in [2.05, 4.69) is 19.9 Å². The summed E-state index contributed by atoms with van der Waals surface area (Å²) in [6.07, 6.45) is 4.69. The molecule has 0 aliphatic heterocycles. The van der Waals surface area contributed by atoms with Crippen molar-refractivity contribution in [3.63, 3.8) is 0 Å². The highest BCUT2D eigenvalue weighted by Gasteiger charge is 1.97. The summed E-state index contributed by atoms with van der Waals surface area (Å²) in [7, 11) is 0. The van der Waals surface area contributed by atoms with Crippen molar-refractivity contribution in [2.24, 2.45) is 0 Å². The lowest BCUT2D eigenvalue weighted by molar-refractivity contribution is 1.10. The van der Waals surface area contributed by atoms with Crippen LogP contribution >= 0.6 is 0 Å². The summed E-state index contributed by atoms with van der Waals surface area (Å²) in [5.41, 5.74) is 2.50. The van der Waals surface area contributed by atoms with Crippen LogP contribution in [0.25, 0.3) is 11.0 Å². The highest BCUT2D eigenvalue weighted by molar-refractivity contribution is 5.74. The van der Waals surface area contributed by atoms with Gasteiger partial charge in [-0.1, -0.05) is 0 Å². The lowest BCUT2D eigenvalue weighted by atomic mass is 10.3. The molecule has 0 aliphatic carbocycles. The molecular weight excluding hydrogens is 140 g/mol. The summed E-state index contributed by atoms with van der Waals surface area (Å²) < 4.78 is 0. The fourth-order valence-electron chi connectivity index (χ4n) is 0.934. The summed E-state index contributed by atoms with van der Waals surface area (Å²) in [5.74, 6) is 0. The molecule has 2 rings (SSSR count). The van der Waals surface area contributed by atoms with Gasteiger partial charge in [0.15, 0.2) is 0 Å². The zero-order valence-corrected chi connectivity index (χ0v) is 6.02. The Hall–Kier alpha value is -1.58. The van der Waals surface area contributed by atoms with Gasteiger partial charge in [0.2, 0.25) is 0 Å². The zero-order valence-electron chi connectivity index (χ0n) is 6.02. The van der Waals surface area contributed by atoms with E-state index in [4.69, 9.17) is 0 Å². The van der Waals surface area contributed by atoms with Crippen LogP contribution in [0.5, 0.6) is 0 Å². The molecule has 11 heavy (non-hydrogen) atoms. The largest absolute Gasteiger partial charge is 0.243 e. The van der Waals surface area contributed by atoms with E-state index in [0.717, 1.165) is 16.7 Å². The molecule has 4 nitrogen and oxygen atoms in total. The van der Waals surface area contributed by atoms with Crippen molar-refractivity contribution < 1.29 is 0 Å². The first-order valence-electron chi connectivity index (χ1n) is 3.25. The third-order valence-electron chi connectivity index (χ3n) is 1.48. The second-order valence-corrected chi connectivity index (χ2v) is 2.22. The fraction of sp³-hybridized carbons (Fsp3) is 0.143. The van der Waals surface area contributed by atoms with Gasteiger partial charge in [-0.2, -0.15) is 0 Å². The predicted molar refractivity (Wildman–Crippen MR) is 39.9 cm³/mol. The van der Waals surface area contributed by atoms with E-state index >= 15 is 0 Å². The van der Waals surface area contributed by atoms with Gasteiger partial charge in [-0.15, -0.1) is 0 Å². The minimum Gasteiger partial charge on any atom is -0.243 e. The Kier molecular flexibility index (Phi) is 1.25. The summed E-state index contributed by atoms with van der Waals surface area (Å²) in [6, 6.07) is 0. The molecule has 4 heteroatoms. The van der Waals surface area contributed by atoms with Crippen LogP contribution in [-0.4, -0.2) is 19.9 Å². The Morgan fingerprint density at radius 1 is 1.09 bits per heavy atom. The van der Waals surface area contributed by atoms with Crippen LogP contribution in [0.2, 0.25) is 0 Å². The number of hydrogen-bond acceptors (Lipinski definition) is 4. The maximum atomic E-state index is 4.04. The second kappa shape index (κ2) is 2.23. The summed E-state index contributed by atoms with van der Waals surface area (Å²) in [5, 5.41) is 0. The van der Waals surface area contributed by atoms with Gasteiger partial charge in [-0.25, -0.2) is 19.9 Å². The van der Waals surface area contributed by atoms with E-state index < -0.39 is 0 Å². The lowest BCUT2D eigenvalue weighted by Gasteiger charge is -1.95.